The minimum atomic E-state index is 0.206. The number of piperazine rings is 1. The molecule has 0 spiro atoms. The number of carbonyl (C=O) groups excluding carboxylic acids is 1. The smallest absolute Gasteiger partial charge is 0.226 e. The van der Waals surface area contributed by atoms with Gasteiger partial charge in [0.2, 0.25) is 5.91 Å². The number of hydrogen-bond acceptors (Lipinski definition) is 6. The predicted octanol–water partition coefficient (Wildman–Crippen LogP) is 1.73. The molecule has 3 saturated heterocycles. The summed E-state index contributed by atoms with van der Waals surface area (Å²) in [6, 6.07) is 2.65. The second-order valence-corrected chi connectivity index (χ2v) is 8.10. The second-order valence-electron chi connectivity index (χ2n) is 8.10. The Labute approximate surface area is 163 Å². The molecule has 2 aromatic heterocycles. The lowest BCUT2D eigenvalue weighted by Gasteiger charge is -2.53. The molecule has 4 fully saturated rings. The number of hydrogen-bond donors (Lipinski definition) is 0. The highest BCUT2D eigenvalue weighted by atomic mass is 16.2. The van der Waals surface area contributed by atoms with Gasteiger partial charge in [0.1, 0.15) is 11.6 Å². The molecule has 6 rings (SSSR count). The van der Waals surface area contributed by atoms with E-state index < -0.39 is 0 Å². The van der Waals surface area contributed by atoms with Gasteiger partial charge in [0, 0.05) is 44.3 Å². The lowest BCUT2D eigenvalue weighted by atomic mass is 9.82. The molecule has 2 bridgehead atoms. The number of aryl methyl sites for hydroxylation is 1. The number of rotatable bonds is 3. The van der Waals surface area contributed by atoms with Crippen LogP contribution in [0.5, 0.6) is 0 Å². The number of nitrogens with zero attached hydrogens (tertiary/aromatic N) is 7. The van der Waals surface area contributed by atoms with E-state index in [9.17, 15) is 10.1 Å². The number of amides is 1. The minimum absolute atomic E-state index is 0.206. The van der Waals surface area contributed by atoms with E-state index in [1.165, 1.54) is 6.42 Å². The van der Waals surface area contributed by atoms with Crippen molar-refractivity contribution >= 4 is 11.7 Å². The monoisotopic (exact) mass is 377 g/mol. The van der Waals surface area contributed by atoms with Crippen molar-refractivity contribution in [3.05, 3.63) is 24.2 Å². The van der Waals surface area contributed by atoms with E-state index in [4.69, 9.17) is 4.98 Å². The van der Waals surface area contributed by atoms with E-state index in [1.54, 1.807) is 17.1 Å². The van der Waals surface area contributed by atoms with Gasteiger partial charge < -0.3 is 9.80 Å². The van der Waals surface area contributed by atoms with Gasteiger partial charge in [-0.15, -0.1) is 0 Å². The molecule has 0 aromatic carbocycles. The first-order valence-electron chi connectivity index (χ1n) is 9.97. The lowest BCUT2D eigenvalue weighted by Crippen LogP contribution is -2.65. The minimum Gasteiger partial charge on any atom is -0.349 e. The standard InChI is InChI=1S/C20H23N7O/c1-25-10-15(9-23-25)18-22-8-14(7-21)19(24-18)26-11-17-6-5-16(26)12-27(17)20(28)13-3-2-4-13/h8-10,13,16-17H,2-6,11-12H2,1H3/t16-,17-/m0/s1. The predicted molar refractivity (Wildman–Crippen MR) is 102 cm³/mol. The van der Waals surface area contributed by atoms with Crippen molar-refractivity contribution in [2.75, 3.05) is 18.0 Å². The highest BCUT2D eigenvalue weighted by Gasteiger charge is 2.44. The van der Waals surface area contributed by atoms with Crippen LogP contribution in [0.1, 0.15) is 37.7 Å². The van der Waals surface area contributed by atoms with Crippen molar-refractivity contribution in [3.8, 4) is 17.5 Å². The molecule has 0 unspecified atom stereocenters. The van der Waals surface area contributed by atoms with Crippen LogP contribution in [0.25, 0.3) is 11.4 Å². The maximum Gasteiger partial charge on any atom is 0.226 e. The molecule has 4 aliphatic rings. The highest BCUT2D eigenvalue weighted by molar-refractivity contribution is 5.80. The van der Waals surface area contributed by atoms with Gasteiger partial charge in [-0.2, -0.15) is 10.4 Å². The van der Waals surface area contributed by atoms with Gasteiger partial charge in [0.15, 0.2) is 11.6 Å². The molecular formula is C20H23N7O. The van der Waals surface area contributed by atoms with Crippen LogP contribution in [0.3, 0.4) is 0 Å². The molecule has 2 aromatic rings. The third kappa shape index (κ3) is 2.73. The summed E-state index contributed by atoms with van der Waals surface area (Å²) < 4.78 is 1.71. The van der Waals surface area contributed by atoms with E-state index in [0.717, 1.165) is 44.3 Å². The Morgan fingerprint density at radius 3 is 2.61 bits per heavy atom. The largest absolute Gasteiger partial charge is 0.349 e. The van der Waals surface area contributed by atoms with Gasteiger partial charge >= 0.3 is 0 Å². The van der Waals surface area contributed by atoms with Crippen LogP contribution in [0.4, 0.5) is 5.82 Å². The van der Waals surface area contributed by atoms with Crippen LogP contribution in [0.2, 0.25) is 0 Å². The molecule has 0 N–H and O–H groups in total. The fourth-order valence-corrected chi connectivity index (χ4v) is 4.59. The van der Waals surface area contributed by atoms with E-state index >= 15 is 0 Å². The van der Waals surface area contributed by atoms with Gasteiger partial charge in [-0.25, -0.2) is 9.97 Å². The normalized spacial score (nSPS) is 24.1. The molecule has 3 aliphatic heterocycles. The zero-order valence-corrected chi connectivity index (χ0v) is 16.0. The summed E-state index contributed by atoms with van der Waals surface area (Å²) in [7, 11) is 1.85. The molecular weight excluding hydrogens is 354 g/mol. The summed E-state index contributed by atoms with van der Waals surface area (Å²) >= 11 is 0. The highest BCUT2D eigenvalue weighted by Crippen LogP contribution is 2.37. The van der Waals surface area contributed by atoms with Gasteiger partial charge in [-0.1, -0.05) is 6.42 Å². The Morgan fingerprint density at radius 2 is 2.00 bits per heavy atom. The van der Waals surface area contributed by atoms with Crippen LogP contribution in [0, 0.1) is 17.2 Å². The molecule has 28 heavy (non-hydrogen) atoms. The third-order valence-corrected chi connectivity index (χ3v) is 6.39. The van der Waals surface area contributed by atoms with Crippen LogP contribution in [0.15, 0.2) is 18.6 Å². The van der Waals surface area contributed by atoms with Crippen LogP contribution < -0.4 is 4.90 Å². The van der Waals surface area contributed by atoms with Gasteiger partial charge in [-0.3, -0.25) is 9.48 Å². The van der Waals surface area contributed by atoms with Gasteiger partial charge in [0.05, 0.1) is 18.0 Å². The zero-order chi connectivity index (χ0) is 19.3. The summed E-state index contributed by atoms with van der Waals surface area (Å²) in [5.41, 5.74) is 1.31. The third-order valence-electron chi connectivity index (χ3n) is 6.39. The van der Waals surface area contributed by atoms with E-state index in [-0.39, 0.29) is 18.0 Å². The molecule has 1 saturated carbocycles. The first kappa shape index (κ1) is 17.2. The van der Waals surface area contributed by atoms with Crippen molar-refractivity contribution in [3.63, 3.8) is 0 Å². The maximum atomic E-state index is 12.8. The Bertz CT molecular complexity index is 958. The number of nitriles is 1. The second kappa shape index (κ2) is 6.59. The van der Waals surface area contributed by atoms with Crippen molar-refractivity contribution in [2.24, 2.45) is 13.0 Å². The average molecular weight is 377 g/mol. The summed E-state index contributed by atoms with van der Waals surface area (Å²) in [4.78, 5) is 26.2. The quantitative estimate of drug-likeness (QED) is 0.809. The Morgan fingerprint density at radius 1 is 1.18 bits per heavy atom. The summed E-state index contributed by atoms with van der Waals surface area (Å²) in [5.74, 6) is 1.83. The fourth-order valence-electron chi connectivity index (χ4n) is 4.59. The number of aromatic nitrogens is 4. The number of piperidine rings is 2. The Hall–Kier alpha value is -2.95. The maximum absolute atomic E-state index is 12.8. The number of fused-ring (bicyclic) bond motifs is 3. The Balaban J connectivity index is 1.43. The molecule has 5 heterocycles. The molecule has 8 nitrogen and oxygen atoms in total. The number of carbonyl (C=O) groups is 1. The molecule has 2 atom stereocenters. The van der Waals surface area contributed by atoms with E-state index in [0.29, 0.717) is 23.1 Å². The molecule has 1 amide bonds. The zero-order valence-electron chi connectivity index (χ0n) is 16.0. The van der Waals surface area contributed by atoms with Crippen molar-refractivity contribution < 1.29 is 4.79 Å². The van der Waals surface area contributed by atoms with Gasteiger partial charge in [-0.05, 0) is 25.7 Å². The summed E-state index contributed by atoms with van der Waals surface area (Å²) in [6.07, 6.45) is 10.5. The number of anilines is 1. The fraction of sp³-hybridized carbons (Fsp3) is 0.550. The van der Waals surface area contributed by atoms with Crippen LogP contribution in [-0.4, -0.2) is 55.7 Å². The van der Waals surface area contributed by atoms with Gasteiger partial charge in [0.25, 0.3) is 0 Å². The molecule has 144 valence electrons. The summed E-state index contributed by atoms with van der Waals surface area (Å²) in [6.45, 7) is 1.47. The summed E-state index contributed by atoms with van der Waals surface area (Å²) in [5, 5.41) is 13.8. The van der Waals surface area contributed by atoms with Crippen molar-refractivity contribution in [1.82, 2.24) is 24.6 Å². The van der Waals surface area contributed by atoms with Crippen LogP contribution >= 0.6 is 0 Å². The first-order chi connectivity index (χ1) is 13.6. The topological polar surface area (TPSA) is 90.9 Å². The van der Waals surface area contributed by atoms with E-state index in [2.05, 4.69) is 26.0 Å². The molecule has 0 radical (unpaired) electrons. The Kier molecular flexibility index (Phi) is 4.04. The van der Waals surface area contributed by atoms with Crippen molar-refractivity contribution in [1.29, 1.82) is 5.26 Å². The average Bonchev–Trinajstić information content (AvgIpc) is 3.12. The van der Waals surface area contributed by atoms with Crippen molar-refractivity contribution in [2.45, 2.75) is 44.2 Å². The molecule has 1 aliphatic carbocycles. The molecule has 8 heteroatoms. The SMILES string of the molecule is Cn1cc(-c2ncc(C#N)c(N3C[C@@H]4CC[C@H]3CN4C(=O)C3CCC3)n2)cn1. The lowest BCUT2D eigenvalue weighted by molar-refractivity contribution is -0.143. The van der Waals surface area contributed by atoms with E-state index in [1.807, 2.05) is 13.2 Å². The van der Waals surface area contributed by atoms with Crippen LogP contribution in [-0.2, 0) is 11.8 Å². The first-order valence-corrected chi connectivity index (χ1v) is 9.97.